The zero-order chi connectivity index (χ0) is 17.6. The van der Waals surface area contributed by atoms with E-state index in [4.69, 9.17) is 0 Å². The van der Waals surface area contributed by atoms with Gasteiger partial charge in [0.25, 0.3) is 11.5 Å². The minimum absolute atomic E-state index is 0.0114. The van der Waals surface area contributed by atoms with Crippen molar-refractivity contribution in [3.8, 4) is 0 Å². The van der Waals surface area contributed by atoms with Crippen molar-refractivity contribution in [2.75, 3.05) is 11.4 Å². The van der Waals surface area contributed by atoms with Crippen LogP contribution in [0, 0.1) is 13.8 Å². The summed E-state index contributed by atoms with van der Waals surface area (Å²) in [5, 5.41) is 13.5. The number of hydrogen-bond donors (Lipinski definition) is 1. The second kappa shape index (κ2) is 5.59. The number of fused-ring (bicyclic) bond motifs is 1. The number of carbonyl (C=O) groups excluding carboxylic acids is 1. The molecular formula is C17H17N3O4. The number of carbonyl (C=O) groups is 2. The van der Waals surface area contributed by atoms with Crippen LogP contribution in [0.15, 0.2) is 29.1 Å². The van der Waals surface area contributed by atoms with Crippen LogP contribution in [0.3, 0.4) is 0 Å². The molecule has 0 saturated heterocycles. The summed E-state index contributed by atoms with van der Waals surface area (Å²) in [5.74, 6) is -2.28. The lowest BCUT2D eigenvalue weighted by atomic mass is 10.0. The fourth-order valence-electron chi connectivity index (χ4n) is 3.05. The van der Waals surface area contributed by atoms with Crippen LogP contribution in [0.5, 0.6) is 0 Å². The van der Waals surface area contributed by atoms with Gasteiger partial charge in [-0.1, -0.05) is 18.2 Å². The highest BCUT2D eigenvalue weighted by molar-refractivity contribution is 6.09. The predicted octanol–water partition coefficient (Wildman–Crippen LogP) is 1.23. The van der Waals surface area contributed by atoms with Gasteiger partial charge < -0.3 is 10.0 Å². The summed E-state index contributed by atoms with van der Waals surface area (Å²) in [6.45, 7) is 3.41. The number of aromatic nitrogens is 2. The number of carboxylic acid groups (broad SMARTS) is 1. The Balaban J connectivity index is 2.14. The number of anilines is 1. The minimum atomic E-state index is -0.992. The van der Waals surface area contributed by atoms with Crippen LogP contribution in [-0.4, -0.2) is 33.3 Å². The maximum atomic E-state index is 13.0. The van der Waals surface area contributed by atoms with Gasteiger partial charge in [-0.05, 0) is 31.0 Å². The number of hydrogen-bond acceptors (Lipinski definition) is 4. The third-order valence-electron chi connectivity index (χ3n) is 4.45. The topological polar surface area (TPSA) is 92.5 Å². The van der Waals surface area contributed by atoms with E-state index < -0.39 is 23.4 Å². The molecule has 1 atom stereocenters. The van der Waals surface area contributed by atoms with E-state index in [0.29, 0.717) is 22.5 Å². The maximum absolute atomic E-state index is 13.0. The molecule has 1 amide bonds. The van der Waals surface area contributed by atoms with Gasteiger partial charge in [-0.25, -0.2) is 4.68 Å². The average Bonchev–Trinajstić information content (AvgIpc) is 2.93. The SMILES string of the molecule is Cc1nn(C)c(=O)c(C(=O)N2CC(C(=O)O)c3ccccc32)c1C. The lowest BCUT2D eigenvalue weighted by molar-refractivity contribution is -0.138. The fourth-order valence-corrected chi connectivity index (χ4v) is 3.05. The summed E-state index contributed by atoms with van der Waals surface area (Å²) in [6.07, 6.45) is 0. The van der Waals surface area contributed by atoms with Gasteiger partial charge in [-0.15, -0.1) is 0 Å². The second-order valence-corrected chi connectivity index (χ2v) is 5.88. The van der Waals surface area contributed by atoms with Crippen LogP contribution in [0.1, 0.15) is 33.1 Å². The van der Waals surface area contributed by atoms with Crippen molar-refractivity contribution in [1.29, 1.82) is 0 Å². The van der Waals surface area contributed by atoms with E-state index in [1.54, 1.807) is 38.1 Å². The molecule has 24 heavy (non-hydrogen) atoms. The normalized spacial score (nSPS) is 16.1. The van der Waals surface area contributed by atoms with Gasteiger partial charge in [-0.3, -0.25) is 14.4 Å². The molecule has 1 aromatic carbocycles. The molecule has 0 spiro atoms. The molecule has 1 aliphatic heterocycles. The van der Waals surface area contributed by atoms with Crippen molar-refractivity contribution in [2.45, 2.75) is 19.8 Å². The van der Waals surface area contributed by atoms with E-state index in [0.717, 1.165) is 4.68 Å². The van der Waals surface area contributed by atoms with Crippen LogP contribution in [0.2, 0.25) is 0 Å². The van der Waals surface area contributed by atoms with Crippen molar-refractivity contribution in [3.05, 3.63) is 57.0 Å². The van der Waals surface area contributed by atoms with Crippen molar-refractivity contribution >= 4 is 17.6 Å². The molecular weight excluding hydrogens is 310 g/mol. The van der Waals surface area contributed by atoms with E-state index >= 15 is 0 Å². The first-order valence-electron chi connectivity index (χ1n) is 7.51. The number of rotatable bonds is 2. The molecule has 0 bridgehead atoms. The molecule has 3 rings (SSSR count). The second-order valence-electron chi connectivity index (χ2n) is 5.88. The fraction of sp³-hybridized carbons (Fsp3) is 0.294. The Kier molecular flexibility index (Phi) is 3.71. The Morgan fingerprint density at radius 3 is 2.58 bits per heavy atom. The molecule has 0 fully saturated rings. The Morgan fingerprint density at radius 2 is 1.92 bits per heavy atom. The van der Waals surface area contributed by atoms with Gasteiger partial charge in [0.2, 0.25) is 0 Å². The molecule has 1 N–H and O–H groups in total. The molecule has 1 aliphatic rings. The maximum Gasteiger partial charge on any atom is 0.312 e. The largest absolute Gasteiger partial charge is 0.481 e. The number of amides is 1. The summed E-state index contributed by atoms with van der Waals surface area (Å²) in [7, 11) is 1.49. The quantitative estimate of drug-likeness (QED) is 0.895. The van der Waals surface area contributed by atoms with Crippen LogP contribution < -0.4 is 10.5 Å². The number of benzene rings is 1. The molecule has 1 unspecified atom stereocenters. The van der Waals surface area contributed by atoms with Gasteiger partial charge in [0.15, 0.2) is 0 Å². The lowest BCUT2D eigenvalue weighted by Crippen LogP contribution is -2.38. The zero-order valence-corrected chi connectivity index (χ0v) is 13.6. The third kappa shape index (κ3) is 2.29. The monoisotopic (exact) mass is 327 g/mol. The molecule has 2 aromatic rings. The van der Waals surface area contributed by atoms with Gasteiger partial charge in [-0.2, -0.15) is 5.10 Å². The molecule has 0 saturated carbocycles. The number of para-hydroxylation sites is 1. The molecule has 2 heterocycles. The van der Waals surface area contributed by atoms with Gasteiger partial charge in [0.1, 0.15) is 11.5 Å². The molecule has 0 aliphatic carbocycles. The van der Waals surface area contributed by atoms with Crippen LogP contribution in [0.25, 0.3) is 0 Å². The zero-order valence-electron chi connectivity index (χ0n) is 13.6. The lowest BCUT2D eigenvalue weighted by Gasteiger charge is -2.19. The Bertz CT molecular complexity index is 917. The van der Waals surface area contributed by atoms with E-state index in [-0.39, 0.29) is 12.1 Å². The van der Waals surface area contributed by atoms with Gasteiger partial charge >= 0.3 is 5.97 Å². The van der Waals surface area contributed by atoms with Crippen molar-refractivity contribution in [3.63, 3.8) is 0 Å². The van der Waals surface area contributed by atoms with Crippen molar-refractivity contribution < 1.29 is 14.7 Å². The summed E-state index contributed by atoms with van der Waals surface area (Å²) in [4.78, 5) is 38.3. The summed E-state index contributed by atoms with van der Waals surface area (Å²) in [6, 6.07) is 6.88. The van der Waals surface area contributed by atoms with Crippen molar-refractivity contribution in [1.82, 2.24) is 9.78 Å². The summed E-state index contributed by atoms with van der Waals surface area (Å²) in [5.41, 5.74) is 1.76. The van der Waals surface area contributed by atoms with E-state index in [9.17, 15) is 19.5 Å². The highest BCUT2D eigenvalue weighted by atomic mass is 16.4. The Labute approximate surface area is 138 Å². The summed E-state index contributed by atoms with van der Waals surface area (Å²) < 4.78 is 1.13. The van der Waals surface area contributed by atoms with E-state index in [2.05, 4.69) is 5.10 Å². The first-order chi connectivity index (χ1) is 11.3. The number of aryl methyl sites for hydroxylation is 2. The average molecular weight is 327 g/mol. The van der Waals surface area contributed by atoms with Gasteiger partial charge in [0.05, 0.1) is 5.69 Å². The van der Waals surface area contributed by atoms with Crippen LogP contribution in [-0.2, 0) is 11.8 Å². The molecule has 7 heteroatoms. The molecule has 1 aromatic heterocycles. The smallest absolute Gasteiger partial charge is 0.312 e. The van der Waals surface area contributed by atoms with E-state index in [1.165, 1.54) is 11.9 Å². The third-order valence-corrected chi connectivity index (χ3v) is 4.45. The molecule has 0 radical (unpaired) electrons. The van der Waals surface area contributed by atoms with Crippen LogP contribution in [0.4, 0.5) is 5.69 Å². The standard InChI is InChI=1S/C17H17N3O4/c1-9-10(2)18-19(3)15(21)14(9)16(22)20-8-12(17(23)24)11-6-4-5-7-13(11)20/h4-7,12H,8H2,1-3H3,(H,23,24). The number of carboxylic acids is 1. The van der Waals surface area contributed by atoms with Crippen LogP contribution >= 0.6 is 0 Å². The Morgan fingerprint density at radius 1 is 1.25 bits per heavy atom. The minimum Gasteiger partial charge on any atom is -0.481 e. The Hall–Kier alpha value is -2.96. The van der Waals surface area contributed by atoms with E-state index in [1.807, 2.05) is 0 Å². The molecule has 7 nitrogen and oxygen atoms in total. The van der Waals surface area contributed by atoms with Gasteiger partial charge in [0, 0.05) is 19.3 Å². The number of aliphatic carboxylic acids is 1. The number of nitrogens with zero attached hydrogens (tertiary/aromatic N) is 3. The first kappa shape index (κ1) is 15.9. The predicted molar refractivity (Wildman–Crippen MR) is 87.4 cm³/mol. The highest BCUT2D eigenvalue weighted by Crippen LogP contribution is 2.37. The van der Waals surface area contributed by atoms with Crippen molar-refractivity contribution in [2.24, 2.45) is 7.05 Å². The highest BCUT2D eigenvalue weighted by Gasteiger charge is 2.38. The molecule has 124 valence electrons. The summed E-state index contributed by atoms with van der Waals surface area (Å²) >= 11 is 0. The first-order valence-corrected chi connectivity index (χ1v) is 7.51.